The number of aromatic nitrogens is 2. The first kappa shape index (κ1) is 14.4. The fourth-order valence-electron chi connectivity index (χ4n) is 1.82. The van der Waals surface area contributed by atoms with Gasteiger partial charge in [0.2, 0.25) is 0 Å². The minimum Gasteiger partial charge on any atom is -0.394 e. The number of amides is 1. The average molecular weight is 279 g/mol. The van der Waals surface area contributed by atoms with Crippen molar-refractivity contribution in [2.45, 2.75) is 25.8 Å². The van der Waals surface area contributed by atoms with Crippen LogP contribution in [0.25, 0.3) is 11.1 Å². The molecule has 0 unspecified atom stereocenters. The third kappa shape index (κ3) is 2.50. The van der Waals surface area contributed by atoms with Gasteiger partial charge in [0.05, 0.1) is 35.4 Å². The Morgan fingerprint density at radius 2 is 2.15 bits per heavy atom. The summed E-state index contributed by atoms with van der Waals surface area (Å²) < 4.78 is 4.98. The zero-order valence-electron chi connectivity index (χ0n) is 11.4. The van der Waals surface area contributed by atoms with E-state index in [9.17, 15) is 15.0 Å². The van der Waals surface area contributed by atoms with E-state index in [4.69, 9.17) is 4.52 Å². The zero-order valence-corrected chi connectivity index (χ0v) is 11.4. The van der Waals surface area contributed by atoms with Gasteiger partial charge in [-0.3, -0.25) is 4.79 Å². The minimum absolute atomic E-state index is 0.323. The van der Waals surface area contributed by atoms with Crippen molar-refractivity contribution in [1.29, 1.82) is 0 Å². The van der Waals surface area contributed by atoms with Gasteiger partial charge in [-0.1, -0.05) is 12.1 Å². The lowest BCUT2D eigenvalue weighted by molar-refractivity contribution is 0.0653. The predicted octanol–water partition coefficient (Wildman–Crippen LogP) is 0.394. The summed E-state index contributed by atoms with van der Waals surface area (Å²) in [4.78, 5) is 16.2. The summed E-state index contributed by atoms with van der Waals surface area (Å²) >= 11 is 0. The molecule has 0 aliphatic rings. The van der Waals surface area contributed by atoms with E-state index in [1.54, 1.807) is 19.9 Å². The van der Waals surface area contributed by atoms with E-state index in [0.717, 1.165) is 0 Å². The number of rotatable bonds is 5. The second-order valence-electron chi connectivity index (χ2n) is 4.75. The summed E-state index contributed by atoms with van der Waals surface area (Å²) in [6, 6.07) is 1.62. The van der Waals surface area contributed by atoms with Gasteiger partial charge >= 0.3 is 0 Å². The summed E-state index contributed by atoms with van der Waals surface area (Å²) in [7, 11) is 0. The van der Waals surface area contributed by atoms with Crippen LogP contribution in [0.2, 0.25) is 0 Å². The van der Waals surface area contributed by atoms with Gasteiger partial charge in [0.25, 0.3) is 11.6 Å². The number of aliphatic hydroxyl groups is 2. The van der Waals surface area contributed by atoms with Crippen LogP contribution in [0.15, 0.2) is 16.8 Å². The number of aryl methyl sites for hydroxylation is 1. The Morgan fingerprint density at radius 1 is 1.45 bits per heavy atom. The molecular weight excluding hydrogens is 262 g/mol. The Balaban J connectivity index is 2.29. The Kier molecular flexibility index (Phi) is 4.01. The molecule has 0 aliphatic heterocycles. The number of aliphatic hydroxyl groups excluding tert-OH is 2. The molecule has 108 valence electrons. The monoisotopic (exact) mass is 279 g/mol. The highest BCUT2D eigenvalue weighted by Crippen LogP contribution is 2.17. The van der Waals surface area contributed by atoms with Gasteiger partial charge in [0, 0.05) is 6.20 Å². The first-order chi connectivity index (χ1) is 9.55. The van der Waals surface area contributed by atoms with E-state index < -0.39 is 11.4 Å². The predicted molar refractivity (Wildman–Crippen MR) is 71.2 cm³/mol. The number of nitrogens with zero attached hydrogens (tertiary/aromatic N) is 2. The lowest BCUT2D eigenvalue weighted by atomic mass is 9.98. The highest BCUT2D eigenvalue weighted by atomic mass is 16.5. The molecule has 0 aromatic carbocycles. The van der Waals surface area contributed by atoms with E-state index in [1.165, 1.54) is 6.20 Å². The van der Waals surface area contributed by atoms with E-state index in [2.05, 4.69) is 15.5 Å². The second-order valence-corrected chi connectivity index (χ2v) is 4.75. The molecule has 2 rings (SSSR count). The number of carbonyl (C=O) groups excluding carboxylic acids is 1. The van der Waals surface area contributed by atoms with Crippen LogP contribution in [0.4, 0.5) is 0 Å². The average Bonchev–Trinajstić information content (AvgIpc) is 2.86. The lowest BCUT2D eigenvalue weighted by Gasteiger charge is -2.29. The highest BCUT2D eigenvalue weighted by molar-refractivity contribution is 5.97. The molecule has 7 heteroatoms. The summed E-state index contributed by atoms with van der Waals surface area (Å²) in [6.45, 7) is 2.85. The number of hydrogen-bond donors (Lipinski definition) is 3. The SMILES string of the molecule is CCC(CO)(CO)NC(=O)c1cnc2onc(C)c2c1. The van der Waals surface area contributed by atoms with Crippen molar-refractivity contribution in [3.8, 4) is 0 Å². The summed E-state index contributed by atoms with van der Waals surface area (Å²) in [6.07, 6.45) is 1.78. The molecule has 0 atom stereocenters. The summed E-state index contributed by atoms with van der Waals surface area (Å²) in [5.74, 6) is -0.412. The van der Waals surface area contributed by atoms with Crippen molar-refractivity contribution in [3.63, 3.8) is 0 Å². The molecule has 1 amide bonds. The molecule has 2 aromatic rings. The second kappa shape index (κ2) is 5.56. The van der Waals surface area contributed by atoms with Crippen molar-refractivity contribution in [1.82, 2.24) is 15.5 Å². The molecule has 0 saturated heterocycles. The smallest absolute Gasteiger partial charge is 0.257 e. The van der Waals surface area contributed by atoms with Crippen molar-refractivity contribution in [2.75, 3.05) is 13.2 Å². The Hall–Kier alpha value is -1.99. The fourth-order valence-corrected chi connectivity index (χ4v) is 1.82. The van der Waals surface area contributed by atoms with E-state index in [-0.39, 0.29) is 13.2 Å². The first-order valence-corrected chi connectivity index (χ1v) is 6.31. The maximum Gasteiger partial charge on any atom is 0.257 e. The van der Waals surface area contributed by atoms with Gasteiger partial charge in [-0.15, -0.1) is 0 Å². The Bertz CT molecular complexity index is 611. The van der Waals surface area contributed by atoms with Crippen molar-refractivity contribution >= 4 is 17.0 Å². The van der Waals surface area contributed by atoms with Crippen LogP contribution < -0.4 is 5.32 Å². The van der Waals surface area contributed by atoms with Crippen LogP contribution in [0, 0.1) is 6.92 Å². The number of pyridine rings is 1. The normalized spacial score (nSPS) is 11.8. The van der Waals surface area contributed by atoms with Crippen LogP contribution in [0.3, 0.4) is 0 Å². The molecule has 3 N–H and O–H groups in total. The van der Waals surface area contributed by atoms with E-state index in [1.807, 2.05) is 0 Å². The van der Waals surface area contributed by atoms with Gasteiger partial charge in [0.1, 0.15) is 0 Å². The minimum atomic E-state index is -1.03. The van der Waals surface area contributed by atoms with Gasteiger partial charge < -0.3 is 20.1 Å². The van der Waals surface area contributed by atoms with Gasteiger partial charge in [-0.05, 0) is 19.4 Å². The van der Waals surface area contributed by atoms with Crippen molar-refractivity contribution in [3.05, 3.63) is 23.5 Å². The third-order valence-corrected chi connectivity index (χ3v) is 3.43. The molecule has 0 bridgehead atoms. The Labute approximate surface area is 115 Å². The molecule has 2 heterocycles. The summed E-state index contributed by atoms with van der Waals surface area (Å²) in [5.41, 5.74) is 0.303. The molecule has 0 radical (unpaired) electrons. The molecule has 0 aliphatic carbocycles. The third-order valence-electron chi connectivity index (χ3n) is 3.43. The molecule has 2 aromatic heterocycles. The van der Waals surface area contributed by atoms with Crippen LogP contribution in [-0.2, 0) is 0 Å². The van der Waals surface area contributed by atoms with Crippen LogP contribution >= 0.6 is 0 Å². The quantitative estimate of drug-likeness (QED) is 0.730. The van der Waals surface area contributed by atoms with Crippen LogP contribution in [0.5, 0.6) is 0 Å². The van der Waals surface area contributed by atoms with Crippen molar-refractivity contribution < 1.29 is 19.5 Å². The van der Waals surface area contributed by atoms with Gasteiger partial charge in [0.15, 0.2) is 0 Å². The molecule has 0 fully saturated rings. The largest absolute Gasteiger partial charge is 0.394 e. The maximum absolute atomic E-state index is 12.2. The Morgan fingerprint density at radius 3 is 2.75 bits per heavy atom. The van der Waals surface area contributed by atoms with E-state index in [0.29, 0.717) is 28.8 Å². The standard InChI is InChI=1S/C13H17N3O4/c1-3-13(6-17,7-18)15-11(19)9-4-10-8(2)16-20-12(10)14-5-9/h4-5,17-18H,3,6-7H2,1-2H3,(H,15,19). The summed E-state index contributed by atoms with van der Waals surface area (Å²) in [5, 5.41) is 25.8. The number of fused-ring (bicyclic) bond motifs is 1. The zero-order chi connectivity index (χ0) is 14.8. The van der Waals surface area contributed by atoms with Gasteiger partial charge in [-0.25, -0.2) is 4.98 Å². The first-order valence-electron chi connectivity index (χ1n) is 6.31. The number of nitrogens with one attached hydrogen (secondary N) is 1. The molecule has 0 spiro atoms. The molecule has 20 heavy (non-hydrogen) atoms. The number of carbonyl (C=O) groups is 1. The maximum atomic E-state index is 12.2. The fraction of sp³-hybridized carbons (Fsp3) is 0.462. The molecule has 0 saturated carbocycles. The topological polar surface area (TPSA) is 108 Å². The van der Waals surface area contributed by atoms with Gasteiger partial charge in [-0.2, -0.15) is 0 Å². The van der Waals surface area contributed by atoms with Crippen molar-refractivity contribution in [2.24, 2.45) is 0 Å². The van der Waals surface area contributed by atoms with Crippen LogP contribution in [0.1, 0.15) is 29.4 Å². The number of hydrogen-bond acceptors (Lipinski definition) is 6. The van der Waals surface area contributed by atoms with E-state index >= 15 is 0 Å². The molecular formula is C13H17N3O4. The highest BCUT2D eigenvalue weighted by Gasteiger charge is 2.29. The molecule has 7 nitrogen and oxygen atoms in total. The van der Waals surface area contributed by atoms with Crippen LogP contribution in [-0.4, -0.2) is 45.0 Å². The lowest BCUT2D eigenvalue weighted by Crippen LogP contribution is -2.53.